The first kappa shape index (κ1) is 17.8. The van der Waals surface area contributed by atoms with E-state index < -0.39 is 6.09 Å². The van der Waals surface area contributed by atoms with E-state index in [1.54, 1.807) is 11.3 Å². The molecule has 0 fully saturated rings. The molecule has 7 heteroatoms. The number of amides is 1. The van der Waals surface area contributed by atoms with Gasteiger partial charge >= 0.3 is 6.09 Å². The van der Waals surface area contributed by atoms with Crippen molar-refractivity contribution in [3.63, 3.8) is 0 Å². The van der Waals surface area contributed by atoms with Crippen LogP contribution in [0.15, 0.2) is 10.6 Å². The second-order valence-corrected chi connectivity index (χ2v) is 10.1. The molecule has 1 unspecified atom stereocenters. The minimum absolute atomic E-state index is 0.270. The first-order chi connectivity index (χ1) is 9.90. The molecule has 1 aliphatic carbocycles. The standard InChI is InChI=1S/C14H16ClI2NO2S/c1-7-11(13(17)21-12(7)16)18-14(19)20-8(2)9-5-3-4-6-10(9)15/h8H,3-6H2,1-2H3,(H,18,19). The topological polar surface area (TPSA) is 38.3 Å². The molecule has 0 radical (unpaired) electrons. The van der Waals surface area contributed by atoms with Crippen LogP contribution in [0.1, 0.15) is 38.2 Å². The molecule has 1 amide bonds. The normalized spacial score (nSPS) is 16.8. The average molecular weight is 552 g/mol. The van der Waals surface area contributed by atoms with Gasteiger partial charge in [-0.05, 0) is 95.8 Å². The zero-order valence-electron chi connectivity index (χ0n) is 11.8. The van der Waals surface area contributed by atoms with Crippen molar-refractivity contribution in [2.45, 2.75) is 45.6 Å². The number of allylic oxidation sites excluding steroid dienone is 1. The van der Waals surface area contributed by atoms with Crippen molar-refractivity contribution < 1.29 is 9.53 Å². The SMILES string of the molecule is Cc1c(I)sc(I)c1NC(=O)OC(C)C1=C(Cl)CCCC1. The number of nitrogens with one attached hydrogen (secondary N) is 1. The zero-order chi connectivity index (χ0) is 15.6. The third kappa shape index (κ3) is 4.48. The number of carbonyl (C=O) groups excluding carboxylic acids is 1. The highest BCUT2D eigenvalue weighted by Crippen LogP contribution is 2.35. The van der Waals surface area contributed by atoms with Gasteiger partial charge in [-0.25, -0.2) is 4.79 Å². The summed E-state index contributed by atoms with van der Waals surface area (Å²) in [5.41, 5.74) is 3.00. The number of hydrogen-bond acceptors (Lipinski definition) is 3. The quantitative estimate of drug-likeness (QED) is 0.450. The minimum Gasteiger partial charge on any atom is -0.442 e. The molecule has 0 bridgehead atoms. The number of thiophene rings is 1. The van der Waals surface area contributed by atoms with Crippen LogP contribution in [0.25, 0.3) is 0 Å². The van der Waals surface area contributed by atoms with E-state index >= 15 is 0 Å². The lowest BCUT2D eigenvalue weighted by atomic mass is 9.96. The maximum atomic E-state index is 12.1. The van der Waals surface area contributed by atoms with E-state index in [1.807, 2.05) is 13.8 Å². The van der Waals surface area contributed by atoms with Crippen LogP contribution in [0.5, 0.6) is 0 Å². The molecule has 0 spiro atoms. The van der Waals surface area contributed by atoms with Gasteiger partial charge in [0, 0.05) is 5.03 Å². The Morgan fingerprint density at radius 1 is 1.33 bits per heavy atom. The van der Waals surface area contributed by atoms with Crippen molar-refractivity contribution in [3.05, 3.63) is 21.9 Å². The smallest absolute Gasteiger partial charge is 0.412 e. The average Bonchev–Trinajstić information content (AvgIpc) is 2.65. The molecule has 1 aromatic rings. The van der Waals surface area contributed by atoms with Crippen molar-refractivity contribution >= 4 is 79.9 Å². The molecule has 0 saturated carbocycles. The third-order valence-electron chi connectivity index (χ3n) is 3.49. The Labute approximate surface area is 161 Å². The molecule has 2 rings (SSSR count). The lowest BCUT2D eigenvalue weighted by Crippen LogP contribution is -2.23. The number of hydrogen-bond donors (Lipinski definition) is 1. The van der Waals surface area contributed by atoms with Crippen LogP contribution in [0.4, 0.5) is 10.5 Å². The largest absolute Gasteiger partial charge is 0.442 e. The summed E-state index contributed by atoms with van der Waals surface area (Å²) < 4.78 is 7.73. The maximum Gasteiger partial charge on any atom is 0.412 e. The summed E-state index contributed by atoms with van der Waals surface area (Å²) in [7, 11) is 0. The van der Waals surface area contributed by atoms with E-state index in [-0.39, 0.29) is 6.10 Å². The van der Waals surface area contributed by atoms with Gasteiger partial charge < -0.3 is 4.74 Å². The van der Waals surface area contributed by atoms with Crippen LogP contribution in [-0.2, 0) is 4.74 Å². The van der Waals surface area contributed by atoms with Gasteiger partial charge in [0.2, 0.25) is 0 Å². The summed E-state index contributed by atoms with van der Waals surface area (Å²) in [6.45, 7) is 3.89. The second kappa shape index (κ2) is 7.83. The van der Waals surface area contributed by atoms with Gasteiger partial charge in [-0.3, -0.25) is 5.32 Å². The third-order valence-corrected chi connectivity index (χ3v) is 7.46. The van der Waals surface area contributed by atoms with Crippen molar-refractivity contribution in [2.75, 3.05) is 5.32 Å². The van der Waals surface area contributed by atoms with E-state index in [4.69, 9.17) is 16.3 Å². The van der Waals surface area contributed by atoms with Crippen molar-refractivity contribution in [2.24, 2.45) is 0 Å². The van der Waals surface area contributed by atoms with Gasteiger partial charge in [0.05, 0.1) is 11.5 Å². The van der Waals surface area contributed by atoms with Crippen molar-refractivity contribution in [1.29, 1.82) is 0 Å². The number of carbonyl (C=O) groups is 1. The van der Waals surface area contributed by atoms with Gasteiger partial charge in [0.25, 0.3) is 0 Å². The lowest BCUT2D eigenvalue weighted by Gasteiger charge is -2.22. The Morgan fingerprint density at radius 3 is 2.57 bits per heavy atom. The molecule has 1 heterocycles. The van der Waals surface area contributed by atoms with E-state index in [2.05, 4.69) is 50.5 Å². The molecule has 0 aliphatic heterocycles. The Balaban J connectivity index is 2.01. The summed E-state index contributed by atoms with van der Waals surface area (Å²) in [5, 5.41) is 3.71. The molecule has 1 aromatic heterocycles. The summed E-state index contributed by atoms with van der Waals surface area (Å²) in [5.74, 6) is 0. The molecule has 1 atom stereocenters. The summed E-state index contributed by atoms with van der Waals surface area (Å²) in [6, 6.07) is 0. The molecule has 21 heavy (non-hydrogen) atoms. The number of ether oxygens (including phenoxy) is 1. The molecular weight excluding hydrogens is 535 g/mol. The predicted molar refractivity (Wildman–Crippen MR) is 105 cm³/mol. The van der Waals surface area contributed by atoms with Gasteiger partial charge in [0.1, 0.15) is 6.10 Å². The van der Waals surface area contributed by atoms with Crippen LogP contribution in [0.3, 0.4) is 0 Å². The Hall–Kier alpha value is 0.460. The molecule has 3 nitrogen and oxygen atoms in total. The molecule has 0 aromatic carbocycles. The second-order valence-electron chi connectivity index (χ2n) is 4.96. The highest BCUT2D eigenvalue weighted by molar-refractivity contribution is 14.1. The van der Waals surface area contributed by atoms with E-state index in [0.29, 0.717) is 0 Å². The number of anilines is 1. The molecule has 1 aliphatic rings. The van der Waals surface area contributed by atoms with Gasteiger partial charge in [-0.1, -0.05) is 11.6 Å². The Kier molecular flexibility index (Phi) is 6.64. The first-order valence-corrected chi connectivity index (χ1v) is 10.0. The van der Waals surface area contributed by atoms with E-state index in [9.17, 15) is 4.79 Å². The van der Waals surface area contributed by atoms with Crippen LogP contribution in [0.2, 0.25) is 0 Å². The summed E-state index contributed by atoms with van der Waals surface area (Å²) in [4.78, 5) is 12.1. The predicted octanol–water partition coefficient (Wildman–Crippen LogP) is 6.27. The zero-order valence-corrected chi connectivity index (χ0v) is 17.7. The van der Waals surface area contributed by atoms with Gasteiger partial charge in [-0.15, -0.1) is 11.3 Å². The maximum absolute atomic E-state index is 12.1. The fourth-order valence-corrected chi connectivity index (χ4v) is 6.77. The molecule has 1 N–H and O–H groups in total. The Morgan fingerprint density at radius 2 is 2.00 bits per heavy atom. The van der Waals surface area contributed by atoms with Gasteiger partial charge in [-0.2, -0.15) is 0 Å². The summed E-state index contributed by atoms with van der Waals surface area (Å²) in [6.07, 6.45) is 3.35. The number of rotatable bonds is 3. The monoisotopic (exact) mass is 551 g/mol. The highest BCUT2D eigenvalue weighted by atomic mass is 127. The van der Waals surface area contributed by atoms with Crippen LogP contribution in [-0.4, -0.2) is 12.2 Å². The minimum atomic E-state index is -0.416. The fourth-order valence-electron chi connectivity index (χ4n) is 2.27. The van der Waals surface area contributed by atoms with Crippen LogP contribution in [0, 0.1) is 12.7 Å². The molecular formula is C14H16ClI2NO2S. The summed E-state index contributed by atoms with van der Waals surface area (Å²) >= 11 is 12.4. The van der Waals surface area contributed by atoms with Crippen molar-refractivity contribution in [1.82, 2.24) is 0 Å². The fraction of sp³-hybridized carbons (Fsp3) is 0.500. The number of halogens is 3. The first-order valence-electron chi connectivity index (χ1n) is 6.69. The van der Waals surface area contributed by atoms with Gasteiger partial charge in [0.15, 0.2) is 0 Å². The van der Waals surface area contributed by atoms with E-state index in [0.717, 1.165) is 50.4 Å². The molecule has 0 saturated heterocycles. The lowest BCUT2D eigenvalue weighted by molar-refractivity contribution is 0.134. The Bertz CT molecular complexity index is 586. The van der Waals surface area contributed by atoms with Crippen molar-refractivity contribution in [3.8, 4) is 0 Å². The molecule has 116 valence electrons. The van der Waals surface area contributed by atoms with Crippen LogP contribution < -0.4 is 5.32 Å². The highest BCUT2D eigenvalue weighted by Gasteiger charge is 2.21. The van der Waals surface area contributed by atoms with Crippen LogP contribution >= 0.6 is 68.1 Å². The van der Waals surface area contributed by atoms with E-state index in [1.165, 1.54) is 2.88 Å².